The first-order valence-corrected chi connectivity index (χ1v) is 5.26. The highest BCUT2D eigenvalue weighted by molar-refractivity contribution is 5.39. The molecule has 90 valence electrons. The lowest BCUT2D eigenvalue weighted by Gasteiger charge is -2.20. The summed E-state index contributed by atoms with van der Waals surface area (Å²) in [7, 11) is 0. The SMILES string of the molecule is Cc1ncc(COC(C)(C)C)c(CO)c1O. The molecular formula is C12H19NO3. The van der Waals surface area contributed by atoms with E-state index in [1.165, 1.54) is 0 Å². The number of ether oxygens (including phenoxy) is 1. The molecule has 1 aromatic heterocycles. The van der Waals surface area contributed by atoms with E-state index in [0.717, 1.165) is 5.56 Å². The fourth-order valence-electron chi connectivity index (χ4n) is 1.28. The minimum Gasteiger partial charge on any atom is -0.506 e. The van der Waals surface area contributed by atoms with Crippen molar-refractivity contribution < 1.29 is 14.9 Å². The van der Waals surface area contributed by atoms with Crippen LogP contribution in [0.3, 0.4) is 0 Å². The van der Waals surface area contributed by atoms with Crippen molar-refractivity contribution in [2.75, 3.05) is 0 Å². The molecule has 0 fully saturated rings. The summed E-state index contributed by atoms with van der Waals surface area (Å²) in [6, 6.07) is 0. The molecule has 1 aromatic rings. The van der Waals surface area contributed by atoms with Crippen LogP contribution in [0.25, 0.3) is 0 Å². The van der Waals surface area contributed by atoms with Crippen LogP contribution < -0.4 is 0 Å². The van der Waals surface area contributed by atoms with Gasteiger partial charge in [-0.1, -0.05) is 0 Å². The van der Waals surface area contributed by atoms with E-state index in [-0.39, 0.29) is 18.0 Å². The van der Waals surface area contributed by atoms with Gasteiger partial charge >= 0.3 is 0 Å². The monoisotopic (exact) mass is 225 g/mol. The highest BCUT2D eigenvalue weighted by Gasteiger charge is 2.15. The second-order valence-electron chi connectivity index (χ2n) is 4.76. The number of hydrogen-bond donors (Lipinski definition) is 2. The number of aryl methyl sites for hydroxylation is 1. The molecule has 0 spiro atoms. The molecule has 0 bridgehead atoms. The Labute approximate surface area is 95.9 Å². The van der Waals surface area contributed by atoms with Crippen molar-refractivity contribution in [1.29, 1.82) is 0 Å². The standard InChI is InChI=1S/C12H19NO3/c1-8-11(15)10(6-14)9(5-13-8)7-16-12(2,3)4/h5,14-15H,6-7H2,1-4H3. The van der Waals surface area contributed by atoms with Crippen LogP contribution in [0.15, 0.2) is 6.20 Å². The van der Waals surface area contributed by atoms with Gasteiger partial charge in [-0.3, -0.25) is 4.98 Å². The number of rotatable bonds is 3. The molecule has 0 atom stereocenters. The molecule has 0 saturated heterocycles. The van der Waals surface area contributed by atoms with E-state index in [2.05, 4.69) is 4.98 Å². The summed E-state index contributed by atoms with van der Waals surface area (Å²) in [6.45, 7) is 7.68. The quantitative estimate of drug-likeness (QED) is 0.824. The van der Waals surface area contributed by atoms with E-state index in [9.17, 15) is 10.2 Å². The zero-order valence-corrected chi connectivity index (χ0v) is 10.2. The molecule has 1 heterocycles. The van der Waals surface area contributed by atoms with Gasteiger partial charge in [0.2, 0.25) is 0 Å². The number of aliphatic hydroxyl groups is 1. The van der Waals surface area contributed by atoms with Gasteiger partial charge in [0.25, 0.3) is 0 Å². The molecule has 16 heavy (non-hydrogen) atoms. The van der Waals surface area contributed by atoms with Crippen LogP contribution in [0.1, 0.15) is 37.6 Å². The first kappa shape index (κ1) is 12.9. The molecule has 0 aliphatic rings. The molecule has 0 aliphatic heterocycles. The van der Waals surface area contributed by atoms with Gasteiger partial charge < -0.3 is 14.9 Å². The third kappa shape index (κ3) is 3.18. The number of pyridine rings is 1. The zero-order chi connectivity index (χ0) is 12.3. The van der Waals surface area contributed by atoms with Gasteiger partial charge in [-0.25, -0.2) is 0 Å². The largest absolute Gasteiger partial charge is 0.506 e. The lowest BCUT2D eigenvalue weighted by atomic mass is 10.1. The number of aliphatic hydroxyl groups excluding tert-OH is 1. The van der Waals surface area contributed by atoms with Crippen molar-refractivity contribution in [2.24, 2.45) is 0 Å². The van der Waals surface area contributed by atoms with Gasteiger partial charge in [-0.2, -0.15) is 0 Å². The van der Waals surface area contributed by atoms with Gasteiger partial charge in [0, 0.05) is 17.3 Å². The van der Waals surface area contributed by atoms with Gasteiger partial charge in [0.05, 0.1) is 24.5 Å². The van der Waals surface area contributed by atoms with E-state index < -0.39 is 0 Å². The molecule has 0 saturated carbocycles. The predicted octanol–water partition coefficient (Wildman–Crippen LogP) is 1.90. The molecule has 0 aromatic carbocycles. The van der Waals surface area contributed by atoms with Gasteiger partial charge in [0.1, 0.15) is 5.75 Å². The fraction of sp³-hybridized carbons (Fsp3) is 0.583. The molecular weight excluding hydrogens is 206 g/mol. The van der Waals surface area contributed by atoms with Crippen molar-refractivity contribution >= 4 is 0 Å². The summed E-state index contributed by atoms with van der Waals surface area (Å²) in [5.41, 5.74) is 1.48. The fourth-order valence-corrected chi connectivity index (χ4v) is 1.28. The number of aromatic nitrogens is 1. The van der Waals surface area contributed by atoms with Crippen LogP contribution in [-0.4, -0.2) is 20.8 Å². The first-order chi connectivity index (χ1) is 7.35. The minimum absolute atomic E-state index is 0.0532. The maximum absolute atomic E-state index is 9.73. The molecule has 4 heteroatoms. The maximum Gasteiger partial charge on any atom is 0.142 e. The Balaban J connectivity index is 2.92. The van der Waals surface area contributed by atoms with E-state index in [0.29, 0.717) is 17.9 Å². The second kappa shape index (κ2) is 4.80. The Bertz CT molecular complexity index is 369. The van der Waals surface area contributed by atoms with Crippen LogP contribution >= 0.6 is 0 Å². The van der Waals surface area contributed by atoms with Crippen LogP contribution in [0, 0.1) is 6.92 Å². The van der Waals surface area contributed by atoms with E-state index in [1.807, 2.05) is 20.8 Å². The predicted molar refractivity (Wildman–Crippen MR) is 61.1 cm³/mol. The van der Waals surface area contributed by atoms with Gasteiger partial charge in [0.15, 0.2) is 0 Å². The summed E-state index contributed by atoms with van der Waals surface area (Å²) in [5, 5.41) is 18.9. The molecule has 0 aliphatic carbocycles. The molecule has 0 radical (unpaired) electrons. The smallest absolute Gasteiger partial charge is 0.142 e. The lowest BCUT2D eigenvalue weighted by molar-refractivity contribution is -0.0158. The minimum atomic E-state index is -0.257. The summed E-state index contributed by atoms with van der Waals surface area (Å²) >= 11 is 0. The summed E-state index contributed by atoms with van der Waals surface area (Å²) in [4.78, 5) is 4.05. The van der Waals surface area contributed by atoms with Gasteiger partial charge in [-0.15, -0.1) is 0 Å². The Morgan fingerprint density at radius 1 is 1.38 bits per heavy atom. The Kier molecular flexibility index (Phi) is 3.88. The number of nitrogens with zero attached hydrogens (tertiary/aromatic N) is 1. The zero-order valence-electron chi connectivity index (χ0n) is 10.2. The van der Waals surface area contributed by atoms with Crippen molar-refractivity contribution in [3.8, 4) is 5.75 Å². The van der Waals surface area contributed by atoms with Crippen molar-refractivity contribution in [1.82, 2.24) is 4.98 Å². The Hall–Kier alpha value is -1.13. The average Bonchev–Trinajstić information content (AvgIpc) is 2.18. The van der Waals surface area contributed by atoms with E-state index in [1.54, 1.807) is 13.1 Å². The second-order valence-corrected chi connectivity index (χ2v) is 4.76. The topological polar surface area (TPSA) is 62.6 Å². The van der Waals surface area contributed by atoms with Crippen LogP contribution in [-0.2, 0) is 18.0 Å². The average molecular weight is 225 g/mol. The van der Waals surface area contributed by atoms with Crippen molar-refractivity contribution in [3.05, 3.63) is 23.0 Å². The Morgan fingerprint density at radius 3 is 2.50 bits per heavy atom. The lowest BCUT2D eigenvalue weighted by Crippen LogP contribution is -2.19. The summed E-state index contributed by atoms with van der Waals surface area (Å²) in [5.74, 6) is 0.0532. The van der Waals surface area contributed by atoms with Crippen LogP contribution in [0.2, 0.25) is 0 Å². The molecule has 0 amide bonds. The van der Waals surface area contributed by atoms with Crippen LogP contribution in [0.4, 0.5) is 0 Å². The van der Waals surface area contributed by atoms with E-state index in [4.69, 9.17) is 4.74 Å². The van der Waals surface area contributed by atoms with Gasteiger partial charge in [-0.05, 0) is 27.7 Å². The van der Waals surface area contributed by atoms with Crippen molar-refractivity contribution in [3.63, 3.8) is 0 Å². The van der Waals surface area contributed by atoms with Crippen molar-refractivity contribution in [2.45, 2.75) is 46.5 Å². The number of aromatic hydroxyl groups is 1. The highest BCUT2D eigenvalue weighted by atomic mass is 16.5. The molecule has 1 rings (SSSR count). The Morgan fingerprint density at radius 2 is 2.00 bits per heavy atom. The normalized spacial score (nSPS) is 11.8. The van der Waals surface area contributed by atoms with E-state index >= 15 is 0 Å². The van der Waals surface area contributed by atoms with Crippen LogP contribution in [0.5, 0.6) is 5.75 Å². The highest BCUT2D eigenvalue weighted by Crippen LogP contribution is 2.25. The first-order valence-electron chi connectivity index (χ1n) is 5.26. The number of hydrogen-bond acceptors (Lipinski definition) is 4. The molecule has 0 unspecified atom stereocenters. The third-order valence-electron chi connectivity index (χ3n) is 2.25. The molecule has 2 N–H and O–H groups in total. The maximum atomic E-state index is 9.73. The summed E-state index contributed by atoms with van der Waals surface area (Å²) < 4.78 is 5.59. The molecule has 4 nitrogen and oxygen atoms in total. The summed E-state index contributed by atoms with van der Waals surface area (Å²) in [6.07, 6.45) is 1.63. The third-order valence-corrected chi connectivity index (χ3v) is 2.25.